The van der Waals surface area contributed by atoms with Crippen LogP contribution in [0.2, 0.25) is 0 Å². The van der Waals surface area contributed by atoms with Gasteiger partial charge in [-0.25, -0.2) is 0 Å². The molecule has 1 aromatic heterocycles. The Morgan fingerprint density at radius 2 is 2.16 bits per heavy atom. The number of ether oxygens (including phenoxy) is 1. The molecule has 0 aliphatic rings. The van der Waals surface area contributed by atoms with Crippen LogP contribution in [-0.4, -0.2) is 46.3 Å². The molecule has 0 bridgehead atoms. The lowest BCUT2D eigenvalue weighted by atomic mass is 10.2. The zero-order valence-electron chi connectivity index (χ0n) is 11.7. The fourth-order valence-electron chi connectivity index (χ4n) is 1.59. The second-order valence-corrected chi connectivity index (χ2v) is 4.39. The maximum Gasteiger partial charge on any atom is 0.325 e. The van der Waals surface area contributed by atoms with Gasteiger partial charge in [0.1, 0.15) is 6.54 Å². The lowest BCUT2D eigenvalue weighted by Gasteiger charge is -2.24. The number of anilines is 1. The maximum absolute atomic E-state index is 12.4. The van der Waals surface area contributed by atoms with Gasteiger partial charge in [-0.2, -0.15) is 5.10 Å². The van der Waals surface area contributed by atoms with Crippen molar-refractivity contribution in [3.05, 3.63) is 11.9 Å². The summed E-state index contributed by atoms with van der Waals surface area (Å²) in [4.78, 5) is 25.1. The summed E-state index contributed by atoms with van der Waals surface area (Å²) >= 11 is 0. The van der Waals surface area contributed by atoms with Gasteiger partial charge in [0.05, 0.1) is 12.8 Å². The molecule has 0 aromatic carbocycles. The molecule has 2 N–H and O–H groups in total. The van der Waals surface area contributed by atoms with Crippen LogP contribution >= 0.6 is 0 Å². The smallest absolute Gasteiger partial charge is 0.325 e. The summed E-state index contributed by atoms with van der Waals surface area (Å²) < 4.78 is 6.17. The van der Waals surface area contributed by atoms with Crippen LogP contribution in [0.1, 0.15) is 31.3 Å². The molecule has 0 unspecified atom stereocenters. The van der Waals surface area contributed by atoms with Crippen molar-refractivity contribution in [1.29, 1.82) is 0 Å². The largest absolute Gasteiger partial charge is 0.468 e. The molecule has 1 aromatic rings. The second kappa shape index (κ2) is 6.21. The molecule has 1 rings (SSSR count). The Bertz CT molecular complexity index is 468. The third-order valence-corrected chi connectivity index (χ3v) is 2.73. The van der Waals surface area contributed by atoms with Crippen molar-refractivity contribution in [2.75, 3.05) is 19.4 Å². The average Bonchev–Trinajstić information content (AvgIpc) is 2.75. The predicted molar refractivity (Wildman–Crippen MR) is 70.5 cm³/mol. The number of hydrogen-bond acceptors (Lipinski definition) is 5. The Labute approximate surface area is 112 Å². The molecule has 0 aliphatic heterocycles. The summed E-state index contributed by atoms with van der Waals surface area (Å²) in [5.74, 6) is -0.847. The molecule has 0 spiro atoms. The average molecular weight is 268 g/mol. The van der Waals surface area contributed by atoms with E-state index in [1.54, 1.807) is 10.9 Å². The van der Waals surface area contributed by atoms with E-state index in [-0.39, 0.29) is 24.2 Å². The number of nitrogen functional groups attached to an aromatic ring is 1. The summed E-state index contributed by atoms with van der Waals surface area (Å²) in [5.41, 5.74) is 6.25. The first kappa shape index (κ1) is 15.0. The lowest BCUT2D eigenvalue weighted by Crippen LogP contribution is -2.41. The topological polar surface area (TPSA) is 90.5 Å². The third kappa shape index (κ3) is 3.46. The molecule has 0 saturated carbocycles. The van der Waals surface area contributed by atoms with Gasteiger partial charge in [0, 0.05) is 18.8 Å². The van der Waals surface area contributed by atoms with Gasteiger partial charge in [0.15, 0.2) is 5.69 Å². The van der Waals surface area contributed by atoms with Gasteiger partial charge >= 0.3 is 5.97 Å². The number of carbonyl (C=O) groups excluding carboxylic acids is 2. The highest BCUT2D eigenvalue weighted by atomic mass is 16.5. The van der Waals surface area contributed by atoms with Crippen molar-refractivity contribution in [2.45, 2.75) is 33.4 Å². The molecule has 1 amide bonds. The van der Waals surface area contributed by atoms with E-state index in [1.165, 1.54) is 12.0 Å². The quantitative estimate of drug-likeness (QED) is 0.786. The van der Waals surface area contributed by atoms with E-state index in [0.717, 1.165) is 0 Å². The van der Waals surface area contributed by atoms with Crippen molar-refractivity contribution in [3.63, 3.8) is 0 Å². The van der Waals surface area contributed by atoms with Gasteiger partial charge in [-0.1, -0.05) is 0 Å². The molecule has 106 valence electrons. The Hall–Kier alpha value is -2.05. The van der Waals surface area contributed by atoms with E-state index in [2.05, 4.69) is 9.84 Å². The fraction of sp³-hybridized carbons (Fsp3) is 0.583. The molecule has 7 nitrogen and oxygen atoms in total. The highest BCUT2D eigenvalue weighted by Crippen LogP contribution is 2.14. The molecule has 0 fully saturated rings. The van der Waals surface area contributed by atoms with Crippen LogP contribution in [0.3, 0.4) is 0 Å². The minimum Gasteiger partial charge on any atom is -0.468 e. The van der Waals surface area contributed by atoms with E-state index in [1.807, 2.05) is 20.8 Å². The van der Waals surface area contributed by atoms with Crippen molar-refractivity contribution in [1.82, 2.24) is 14.7 Å². The van der Waals surface area contributed by atoms with Crippen LogP contribution in [0.4, 0.5) is 5.69 Å². The molecular formula is C12H20N4O3. The number of aryl methyl sites for hydroxylation is 1. The molecule has 7 heteroatoms. The number of aromatic nitrogens is 2. The Morgan fingerprint density at radius 3 is 2.58 bits per heavy atom. The molecule has 0 atom stereocenters. The van der Waals surface area contributed by atoms with Crippen LogP contribution in [0.5, 0.6) is 0 Å². The van der Waals surface area contributed by atoms with Crippen molar-refractivity contribution >= 4 is 17.6 Å². The van der Waals surface area contributed by atoms with Gasteiger partial charge in [0.2, 0.25) is 0 Å². The number of nitrogens with zero attached hydrogens (tertiary/aromatic N) is 3. The SMILES string of the molecule is CCn1cc(N)c(C(=O)N(CC(=O)OC)C(C)C)n1. The van der Waals surface area contributed by atoms with E-state index < -0.39 is 5.97 Å². The monoisotopic (exact) mass is 268 g/mol. The van der Waals surface area contributed by atoms with E-state index in [4.69, 9.17) is 5.73 Å². The number of nitrogens with two attached hydrogens (primary N) is 1. The van der Waals surface area contributed by atoms with Crippen molar-refractivity contribution < 1.29 is 14.3 Å². The second-order valence-electron chi connectivity index (χ2n) is 4.39. The van der Waals surface area contributed by atoms with Gasteiger partial charge in [0.25, 0.3) is 5.91 Å². The molecule has 19 heavy (non-hydrogen) atoms. The Kier molecular flexibility index (Phi) is 4.91. The van der Waals surface area contributed by atoms with Gasteiger partial charge < -0.3 is 15.4 Å². The summed E-state index contributed by atoms with van der Waals surface area (Å²) in [6.07, 6.45) is 1.60. The third-order valence-electron chi connectivity index (χ3n) is 2.73. The minimum atomic E-state index is -0.476. The summed E-state index contributed by atoms with van der Waals surface area (Å²) in [6, 6.07) is -0.155. The first-order chi connectivity index (χ1) is 8.90. The predicted octanol–water partition coefficient (Wildman–Crippen LogP) is 0.509. The van der Waals surface area contributed by atoms with Gasteiger partial charge in [-0.3, -0.25) is 14.3 Å². The van der Waals surface area contributed by atoms with Crippen molar-refractivity contribution in [3.8, 4) is 0 Å². The molecule has 1 heterocycles. The first-order valence-corrected chi connectivity index (χ1v) is 6.11. The number of methoxy groups -OCH3 is 1. The number of amides is 1. The summed E-state index contributed by atoms with van der Waals surface area (Å²) in [5, 5.41) is 4.11. The number of rotatable bonds is 5. The number of carbonyl (C=O) groups is 2. The highest BCUT2D eigenvalue weighted by molar-refractivity contribution is 5.98. The van der Waals surface area contributed by atoms with Crippen LogP contribution in [0.15, 0.2) is 6.20 Å². The van der Waals surface area contributed by atoms with E-state index >= 15 is 0 Å². The normalized spacial score (nSPS) is 10.6. The molecule has 0 radical (unpaired) electrons. The molecule has 0 aliphatic carbocycles. The lowest BCUT2D eigenvalue weighted by molar-refractivity contribution is -0.141. The molecule has 0 saturated heterocycles. The number of hydrogen-bond donors (Lipinski definition) is 1. The van der Waals surface area contributed by atoms with E-state index in [9.17, 15) is 9.59 Å². The zero-order chi connectivity index (χ0) is 14.6. The van der Waals surface area contributed by atoms with Gasteiger partial charge in [-0.15, -0.1) is 0 Å². The van der Waals surface area contributed by atoms with Crippen molar-refractivity contribution in [2.24, 2.45) is 0 Å². The number of esters is 1. The first-order valence-electron chi connectivity index (χ1n) is 6.11. The highest BCUT2D eigenvalue weighted by Gasteiger charge is 2.25. The Morgan fingerprint density at radius 1 is 1.53 bits per heavy atom. The summed E-state index contributed by atoms with van der Waals surface area (Å²) in [7, 11) is 1.28. The summed E-state index contributed by atoms with van der Waals surface area (Å²) in [6.45, 7) is 6.03. The van der Waals surface area contributed by atoms with Crippen LogP contribution in [-0.2, 0) is 16.1 Å². The minimum absolute atomic E-state index is 0.120. The van der Waals surface area contributed by atoms with Gasteiger partial charge in [-0.05, 0) is 20.8 Å². The zero-order valence-corrected chi connectivity index (χ0v) is 11.7. The standard InChI is InChI=1S/C12H20N4O3/c1-5-15-6-9(13)11(14-15)12(18)16(8(2)3)7-10(17)19-4/h6,8H,5,7,13H2,1-4H3. The fourth-order valence-corrected chi connectivity index (χ4v) is 1.59. The van der Waals surface area contributed by atoms with E-state index in [0.29, 0.717) is 12.2 Å². The van der Waals surface area contributed by atoms with Crippen LogP contribution in [0, 0.1) is 0 Å². The maximum atomic E-state index is 12.4. The van der Waals surface area contributed by atoms with Crippen LogP contribution < -0.4 is 5.73 Å². The Balaban J connectivity index is 2.98. The van der Waals surface area contributed by atoms with Crippen LogP contribution in [0.25, 0.3) is 0 Å². The molecular weight excluding hydrogens is 248 g/mol.